The van der Waals surface area contributed by atoms with Crippen LogP contribution < -0.4 is 4.90 Å². The molecular weight excluding hydrogens is 615 g/mol. The first-order valence-corrected chi connectivity index (χ1v) is 18.2. The van der Waals surface area contributed by atoms with Crippen LogP contribution in [0.15, 0.2) is 152 Å². The molecule has 0 radical (unpaired) electrons. The SMILES string of the molecule is Cc1ccc(-c2cc(C)c(N(c3ccc4c(c3)C(C)(C)c3ccccc3-4)c3ccc4c(c3)C(C)(C)c3ccccc3-4)c(-c3ccccc3)c2)cc1. The summed E-state index contributed by atoms with van der Waals surface area (Å²) in [5.41, 5.74) is 21.6. The molecule has 0 heterocycles. The Morgan fingerprint density at radius 3 is 1.41 bits per heavy atom. The molecule has 51 heavy (non-hydrogen) atoms. The van der Waals surface area contributed by atoms with Gasteiger partial charge in [0.2, 0.25) is 0 Å². The van der Waals surface area contributed by atoms with Crippen LogP contribution in [0.1, 0.15) is 61.1 Å². The van der Waals surface area contributed by atoms with E-state index in [1.165, 1.54) is 95.0 Å². The maximum Gasteiger partial charge on any atom is 0.0569 e. The van der Waals surface area contributed by atoms with Gasteiger partial charge in [0.05, 0.1) is 5.69 Å². The summed E-state index contributed by atoms with van der Waals surface area (Å²) in [7, 11) is 0. The predicted molar refractivity (Wildman–Crippen MR) is 217 cm³/mol. The van der Waals surface area contributed by atoms with Crippen LogP contribution in [0.3, 0.4) is 0 Å². The van der Waals surface area contributed by atoms with Gasteiger partial charge in [0, 0.05) is 27.8 Å². The zero-order valence-corrected chi connectivity index (χ0v) is 30.4. The topological polar surface area (TPSA) is 3.24 Å². The van der Waals surface area contributed by atoms with E-state index < -0.39 is 0 Å². The van der Waals surface area contributed by atoms with Gasteiger partial charge < -0.3 is 4.90 Å². The molecule has 0 bridgehead atoms. The monoisotopic (exact) mass is 657 g/mol. The number of rotatable bonds is 5. The highest BCUT2D eigenvalue weighted by Gasteiger charge is 2.38. The second-order valence-electron chi connectivity index (χ2n) is 15.6. The van der Waals surface area contributed by atoms with Crippen molar-refractivity contribution in [1.29, 1.82) is 0 Å². The van der Waals surface area contributed by atoms with Crippen LogP contribution in [0.4, 0.5) is 17.1 Å². The third-order valence-electron chi connectivity index (χ3n) is 11.6. The lowest BCUT2D eigenvalue weighted by molar-refractivity contribution is 0.660. The van der Waals surface area contributed by atoms with Gasteiger partial charge in [0.25, 0.3) is 0 Å². The van der Waals surface area contributed by atoms with E-state index in [9.17, 15) is 0 Å². The van der Waals surface area contributed by atoms with E-state index >= 15 is 0 Å². The average Bonchev–Trinajstić information content (AvgIpc) is 3.52. The smallest absolute Gasteiger partial charge is 0.0569 e. The highest BCUT2D eigenvalue weighted by molar-refractivity contribution is 5.95. The van der Waals surface area contributed by atoms with Crippen LogP contribution in [-0.4, -0.2) is 0 Å². The molecule has 1 nitrogen and oxygen atoms in total. The molecular formula is C50H43N. The molecule has 0 fully saturated rings. The lowest BCUT2D eigenvalue weighted by Crippen LogP contribution is -2.18. The molecule has 248 valence electrons. The fourth-order valence-electron chi connectivity index (χ4n) is 8.90. The van der Waals surface area contributed by atoms with E-state index in [1.807, 2.05) is 0 Å². The average molecular weight is 658 g/mol. The van der Waals surface area contributed by atoms with Crippen LogP contribution in [0.2, 0.25) is 0 Å². The Balaban J connectivity index is 1.32. The fourth-order valence-corrected chi connectivity index (χ4v) is 8.90. The second-order valence-corrected chi connectivity index (χ2v) is 15.6. The van der Waals surface area contributed by atoms with E-state index in [2.05, 4.69) is 198 Å². The molecule has 7 aromatic carbocycles. The normalized spacial score (nSPS) is 14.4. The van der Waals surface area contributed by atoms with Gasteiger partial charge in [-0.25, -0.2) is 0 Å². The number of hydrogen-bond acceptors (Lipinski definition) is 1. The second kappa shape index (κ2) is 11.4. The Hall–Kier alpha value is -5.66. The van der Waals surface area contributed by atoms with Gasteiger partial charge in [0.15, 0.2) is 0 Å². The molecule has 0 N–H and O–H groups in total. The van der Waals surface area contributed by atoms with Gasteiger partial charge in [-0.1, -0.05) is 149 Å². The van der Waals surface area contributed by atoms with Gasteiger partial charge in [-0.3, -0.25) is 0 Å². The van der Waals surface area contributed by atoms with Crippen molar-refractivity contribution in [1.82, 2.24) is 0 Å². The number of aryl methyl sites for hydroxylation is 2. The minimum Gasteiger partial charge on any atom is -0.310 e. The van der Waals surface area contributed by atoms with Crippen molar-refractivity contribution in [3.63, 3.8) is 0 Å². The van der Waals surface area contributed by atoms with Crippen LogP contribution >= 0.6 is 0 Å². The summed E-state index contributed by atoms with van der Waals surface area (Å²) in [6, 6.07) is 56.8. The third-order valence-corrected chi connectivity index (χ3v) is 11.6. The van der Waals surface area contributed by atoms with Gasteiger partial charge in [0.1, 0.15) is 0 Å². The van der Waals surface area contributed by atoms with Gasteiger partial charge in [-0.05, 0) is 117 Å². The van der Waals surface area contributed by atoms with Crippen molar-refractivity contribution in [2.45, 2.75) is 52.4 Å². The van der Waals surface area contributed by atoms with Crippen LogP contribution in [0.25, 0.3) is 44.5 Å². The molecule has 0 unspecified atom stereocenters. The van der Waals surface area contributed by atoms with Crippen LogP contribution in [0.5, 0.6) is 0 Å². The Labute approximate surface area is 302 Å². The van der Waals surface area contributed by atoms with Crippen molar-refractivity contribution in [2.75, 3.05) is 4.90 Å². The molecule has 1 heteroatoms. The number of hydrogen-bond donors (Lipinski definition) is 0. The standard InChI is InChI=1S/C50H43N/c1-32-20-22-34(23-21-32)36-28-33(2)48(43(29-36)35-14-8-7-9-15-35)51(37-24-26-41-39-16-10-12-18-44(39)49(3,4)46(41)30-37)38-25-27-42-40-17-11-13-19-45(40)50(5,6)47(42)31-38/h7-31H,1-6H3. The number of benzene rings is 7. The maximum absolute atomic E-state index is 2.54. The summed E-state index contributed by atoms with van der Waals surface area (Å²) >= 11 is 0. The fraction of sp³-hybridized carbons (Fsp3) is 0.160. The summed E-state index contributed by atoms with van der Waals surface area (Å²) in [4.78, 5) is 2.54. The van der Waals surface area contributed by atoms with Crippen LogP contribution in [-0.2, 0) is 10.8 Å². The van der Waals surface area contributed by atoms with Crippen molar-refractivity contribution in [2.24, 2.45) is 0 Å². The van der Waals surface area contributed by atoms with Gasteiger partial charge >= 0.3 is 0 Å². The van der Waals surface area contributed by atoms with Gasteiger partial charge in [-0.15, -0.1) is 0 Å². The van der Waals surface area contributed by atoms with Crippen molar-refractivity contribution < 1.29 is 0 Å². The van der Waals surface area contributed by atoms with Crippen molar-refractivity contribution in [3.05, 3.63) is 185 Å². The summed E-state index contributed by atoms with van der Waals surface area (Å²) in [5.74, 6) is 0. The molecule has 0 amide bonds. The highest BCUT2D eigenvalue weighted by atomic mass is 15.1. The van der Waals surface area contributed by atoms with Crippen molar-refractivity contribution in [3.8, 4) is 44.5 Å². The first-order chi connectivity index (χ1) is 24.6. The summed E-state index contributed by atoms with van der Waals surface area (Å²) in [5, 5.41) is 0. The molecule has 0 aromatic heterocycles. The van der Waals surface area contributed by atoms with E-state index in [-0.39, 0.29) is 10.8 Å². The van der Waals surface area contributed by atoms with E-state index in [0.717, 1.165) is 0 Å². The number of anilines is 3. The minimum absolute atomic E-state index is 0.109. The van der Waals surface area contributed by atoms with E-state index in [4.69, 9.17) is 0 Å². The zero-order chi connectivity index (χ0) is 35.1. The first-order valence-electron chi connectivity index (χ1n) is 18.2. The van der Waals surface area contributed by atoms with Gasteiger partial charge in [-0.2, -0.15) is 0 Å². The summed E-state index contributed by atoms with van der Waals surface area (Å²) < 4.78 is 0. The molecule has 0 saturated heterocycles. The highest BCUT2D eigenvalue weighted by Crippen LogP contribution is 2.54. The Morgan fingerprint density at radius 2 is 0.863 bits per heavy atom. The maximum atomic E-state index is 2.54. The van der Waals surface area contributed by atoms with Crippen LogP contribution in [0, 0.1) is 13.8 Å². The van der Waals surface area contributed by atoms with Crippen molar-refractivity contribution >= 4 is 17.1 Å². The third kappa shape index (κ3) is 4.83. The Kier molecular flexibility index (Phi) is 7.03. The molecule has 2 aliphatic rings. The Morgan fingerprint density at radius 1 is 0.373 bits per heavy atom. The summed E-state index contributed by atoms with van der Waals surface area (Å²) in [6.07, 6.45) is 0. The molecule has 0 aliphatic heterocycles. The Bertz CT molecular complexity index is 2370. The minimum atomic E-state index is -0.109. The zero-order valence-electron chi connectivity index (χ0n) is 30.4. The molecule has 9 rings (SSSR count). The quantitative estimate of drug-likeness (QED) is 0.178. The predicted octanol–water partition coefficient (Wildman–Crippen LogP) is 13.7. The lowest BCUT2D eigenvalue weighted by atomic mass is 9.82. The number of fused-ring (bicyclic) bond motifs is 6. The molecule has 0 atom stereocenters. The lowest BCUT2D eigenvalue weighted by Gasteiger charge is -2.32. The summed E-state index contributed by atoms with van der Waals surface area (Å²) in [6.45, 7) is 13.9. The molecule has 0 spiro atoms. The molecule has 0 saturated carbocycles. The first kappa shape index (κ1) is 31.3. The van der Waals surface area contributed by atoms with E-state index in [0.29, 0.717) is 0 Å². The molecule has 7 aromatic rings. The molecule has 2 aliphatic carbocycles. The van der Waals surface area contributed by atoms with E-state index in [1.54, 1.807) is 0 Å². The number of nitrogens with zero attached hydrogens (tertiary/aromatic N) is 1. The largest absolute Gasteiger partial charge is 0.310 e.